The van der Waals surface area contributed by atoms with Crippen LogP contribution in [0.15, 0.2) is 41.1 Å². The molecule has 3 rings (SSSR count). The molecule has 0 spiro atoms. The zero-order valence-corrected chi connectivity index (χ0v) is 15.9. The molecule has 148 valence electrons. The third-order valence-electron chi connectivity index (χ3n) is 4.64. The van der Waals surface area contributed by atoms with E-state index < -0.39 is 0 Å². The predicted octanol–water partition coefficient (Wildman–Crippen LogP) is 1.80. The Kier molecular flexibility index (Phi) is 6.41. The van der Waals surface area contributed by atoms with Crippen molar-refractivity contribution in [3.05, 3.63) is 53.7 Å². The van der Waals surface area contributed by atoms with E-state index in [2.05, 4.69) is 17.2 Å². The molecule has 0 radical (unpaired) electrons. The molecule has 1 aliphatic heterocycles. The number of nitrogens with zero attached hydrogens (tertiary/aromatic N) is 3. The molecule has 0 aromatic carbocycles. The topological polar surface area (TPSA) is 95.8 Å². The number of pyridine rings is 1. The highest BCUT2D eigenvalue weighted by atomic mass is 16.3. The molecular formula is C20H24N4O4. The van der Waals surface area contributed by atoms with Gasteiger partial charge in [-0.2, -0.15) is 0 Å². The number of hydrogen-bond donors (Lipinski definition) is 1. The lowest BCUT2D eigenvalue weighted by atomic mass is 10.2. The third kappa shape index (κ3) is 4.57. The zero-order valence-electron chi connectivity index (χ0n) is 15.9. The number of hydrogen-bond acceptors (Lipinski definition) is 5. The maximum Gasteiger partial charge on any atom is 0.289 e. The Labute approximate surface area is 163 Å². The molecule has 1 saturated heterocycles. The summed E-state index contributed by atoms with van der Waals surface area (Å²) in [6.45, 7) is 4.30. The second-order valence-corrected chi connectivity index (χ2v) is 6.60. The van der Waals surface area contributed by atoms with E-state index in [9.17, 15) is 14.4 Å². The second-order valence-electron chi connectivity index (χ2n) is 6.60. The van der Waals surface area contributed by atoms with Crippen molar-refractivity contribution in [3.8, 4) is 0 Å². The van der Waals surface area contributed by atoms with Crippen LogP contribution in [-0.4, -0.2) is 65.2 Å². The van der Waals surface area contributed by atoms with E-state index in [1.54, 1.807) is 28.0 Å². The standard InChI is InChI=1S/C20H24N4O4/c1-2-3-7-22-18(25)15-6-8-21-16(14-15)19(26)23-9-11-24(12-10-23)20(27)17-5-4-13-28-17/h4-6,8,13-14H,2-3,7,9-12H2,1H3,(H,22,25). The molecule has 3 heterocycles. The monoisotopic (exact) mass is 384 g/mol. The summed E-state index contributed by atoms with van der Waals surface area (Å²) in [6, 6.07) is 6.41. The van der Waals surface area contributed by atoms with E-state index in [4.69, 9.17) is 4.42 Å². The summed E-state index contributed by atoms with van der Waals surface area (Å²) in [5.41, 5.74) is 0.648. The maximum atomic E-state index is 12.7. The highest BCUT2D eigenvalue weighted by molar-refractivity contribution is 5.98. The van der Waals surface area contributed by atoms with Gasteiger partial charge in [0.25, 0.3) is 17.7 Å². The van der Waals surface area contributed by atoms with Crippen LogP contribution in [0.1, 0.15) is 51.2 Å². The average Bonchev–Trinajstić information content (AvgIpc) is 3.28. The molecule has 0 atom stereocenters. The van der Waals surface area contributed by atoms with E-state index in [0.29, 0.717) is 44.0 Å². The fourth-order valence-corrected chi connectivity index (χ4v) is 3.00. The molecule has 28 heavy (non-hydrogen) atoms. The fourth-order valence-electron chi connectivity index (χ4n) is 3.00. The first kappa shape index (κ1) is 19.6. The quantitative estimate of drug-likeness (QED) is 0.766. The van der Waals surface area contributed by atoms with Crippen LogP contribution in [0.5, 0.6) is 0 Å². The Balaban J connectivity index is 1.58. The molecule has 8 heteroatoms. The first-order chi connectivity index (χ1) is 13.6. The Hall–Kier alpha value is -3.16. The minimum Gasteiger partial charge on any atom is -0.459 e. The molecule has 0 aliphatic carbocycles. The molecule has 2 aromatic heterocycles. The summed E-state index contributed by atoms with van der Waals surface area (Å²) in [6.07, 6.45) is 4.83. The Morgan fingerprint density at radius 2 is 1.82 bits per heavy atom. The molecule has 3 amide bonds. The number of carbonyl (C=O) groups excluding carboxylic acids is 3. The highest BCUT2D eigenvalue weighted by Crippen LogP contribution is 2.12. The van der Waals surface area contributed by atoms with E-state index in [1.807, 2.05) is 0 Å². The highest BCUT2D eigenvalue weighted by Gasteiger charge is 2.27. The molecular weight excluding hydrogens is 360 g/mol. The summed E-state index contributed by atoms with van der Waals surface area (Å²) in [5.74, 6) is -0.337. The number of rotatable bonds is 6. The lowest BCUT2D eigenvalue weighted by Gasteiger charge is -2.34. The van der Waals surface area contributed by atoms with Crippen molar-refractivity contribution in [3.63, 3.8) is 0 Å². The van der Waals surface area contributed by atoms with Crippen LogP contribution in [0.4, 0.5) is 0 Å². The van der Waals surface area contributed by atoms with Crippen LogP contribution in [0.3, 0.4) is 0 Å². The first-order valence-corrected chi connectivity index (χ1v) is 9.46. The van der Waals surface area contributed by atoms with Gasteiger partial charge in [-0.3, -0.25) is 19.4 Å². The molecule has 2 aromatic rings. The molecule has 0 unspecified atom stereocenters. The van der Waals surface area contributed by atoms with E-state index in [1.165, 1.54) is 18.5 Å². The summed E-state index contributed by atoms with van der Waals surface area (Å²) < 4.78 is 5.14. The number of aromatic nitrogens is 1. The maximum absolute atomic E-state index is 12.7. The number of amides is 3. The van der Waals surface area contributed by atoms with Crippen LogP contribution in [0, 0.1) is 0 Å². The summed E-state index contributed by atoms with van der Waals surface area (Å²) >= 11 is 0. The SMILES string of the molecule is CCCCNC(=O)c1ccnc(C(=O)N2CCN(C(=O)c3ccco3)CC2)c1. The van der Waals surface area contributed by atoms with Crippen LogP contribution < -0.4 is 5.32 Å². The fraction of sp³-hybridized carbons (Fsp3) is 0.400. The van der Waals surface area contributed by atoms with Gasteiger partial charge in [0.1, 0.15) is 5.69 Å². The number of unbranched alkanes of at least 4 members (excludes halogenated alkanes) is 1. The Morgan fingerprint density at radius 1 is 1.11 bits per heavy atom. The van der Waals surface area contributed by atoms with Crippen molar-refractivity contribution in [1.29, 1.82) is 0 Å². The van der Waals surface area contributed by atoms with Gasteiger partial charge < -0.3 is 19.5 Å². The molecule has 1 fully saturated rings. The van der Waals surface area contributed by atoms with E-state index >= 15 is 0 Å². The van der Waals surface area contributed by atoms with Crippen molar-refractivity contribution in [2.45, 2.75) is 19.8 Å². The molecule has 1 N–H and O–H groups in total. The predicted molar refractivity (Wildman–Crippen MR) is 102 cm³/mol. The smallest absolute Gasteiger partial charge is 0.289 e. The van der Waals surface area contributed by atoms with Crippen molar-refractivity contribution in [2.24, 2.45) is 0 Å². The van der Waals surface area contributed by atoms with Gasteiger partial charge in [0.2, 0.25) is 0 Å². The number of nitrogens with one attached hydrogen (secondary N) is 1. The van der Waals surface area contributed by atoms with Crippen molar-refractivity contribution >= 4 is 17.7 Å². The largest absolute Gasteiger partial charge is 0.459 e. The molecule has 0 saturated carbocycles. The summed E-state index contributed by atoms with van der Waals surface area (Å²) in [7, 11) is 0. The zero-order chi connectivity index (χ0) is 19.9. The van der Waals surface area contributed by atoms with Crippen LogP contribution in [0.2, 0.25) is 0 Å². The minimum absolute atomic E-state index is 0.180. The lowest BCUT2D eigenvalue weighted by Crippen LogP contribution is -2.50. The van der Waals surface area contributed by atoms with Gasteiger partial charge in [0.05, 0.1) is 6.26 Å². The minimum atomic E-state index is -0.242. The third-order valence-corrected chi connectivity index (χ3v) is 4.64. The van der Waals surface area contributed by atoms with E-state index in [-0.39, 0.29) is 23.4 Å². The molecule has 0 bridgehead atoms. The van der Waals surface area contributed by atoms with Gasteiger partial charge in [0.15, 0.2) is 5.76 Å². The van der Waals surface area contributed by atoms with Gasteiger partial charge in [-0.1, -0.05) is 13.3 Å². The van der Waals surface area contributed by atoms with Crippen LogP contribution in [0.25, 0.3) is 0 Å². The van der Waals surface area contributed by atoms with Gasteiger partial charge in [0, 0.05) is 44.5 Å². The van der Waals surface area contributed by atoms with Gasteiger partial charge in [-0.05, 0) is 30.7 Å². The van der Waals surface area contributed by atoms with Gasteiger partial charge >= 0.3 is 0 Å². The summed E-state index contributed by atoms with van der Waals surface area (Å²) in [5, 5.41) is 2.83. The Bertz CT molecular complexity index is 826. The van der Waals surface area contributed by atoms with Gasteiger partial charge in [-0.15, -0.1) is 0 Å². The molecule has 8 nitrogen and oxygen atoms in total. The normalized spacial score (nSPS) is 14.0. The van der Waals surface area contributed by atoms with Crippen LogP contribution in [-0.2, 0) is 0 Å². The van der Waals surface area contributed by atoms with Crippen molar-refractivity contribution < 1.29 is 18.8 Å². The summed E-state index contributed by atoms with van der Waals surface area (Å²) in [4.78, 5) is 44.7. The van der Waals surface area contributed by atoms with Crippen molar-refractivity contribution in [2.75, 3.05) is 32.7 Å². The number of piperazine rings is 1. The van der Waals surface area contributed by atoms with Crippen molar-refractivity contribution in [1.82, 2.24) is 20.1 Å². The molecule has 1 aliphatic rings. The van der Waals surface area contributed by atoms with E-state index in [0.717, 1.165) is 12.8 Å². The Morgan fingerprint density at radius 3 is 2.46 bits per heavy atom. The second kappa shape index (κ2) is 9.16. The number of furan rings is 1. The lowest BCUT2D eigenvalue weighted by molar-refractivity contribution is 0.0515. The first-order valence-electron chi connectivity index (χ1n) is 9.46. The van der Waals surface area contributed by atoms with Crippen LogP contribution >= 0.6 is 0 Å². The number of carbonyl (C=O) groups is 3. The average molecular weight is 384 g/mol. The van der Waals surface area contributed by atoms with Gasteiger partial charge in [-0.25, -0.2) is 0 Å².